The summed E-state index contributed by atoms with van der Waals surface area (Å²) in [5.41, 5.74) is 6.22. The monoisotopic (exact) mass is 554 g/mol. The molecule has 1 amide bonds. The molecule has 0 unspecified atom stereocenters. The van der Waals surface area contributed by atoms with Crippen LogP contribution in [0.4, 0.5) is 5.69 Å². The molecule has 3 nitrogen and oxygen atoms in total. The first-order valence-corrected chi connectivity index (χ1v) is 11.8. The molecule has 0 spiro atoms. The van der Waals surface area contributed by atoms with Gasteiger partial charge in [0, 0.05) is 16.8 Å². The van der Waals surface area contributed by atoms with Gasteiger partial charge >= 0.3 is 0 Å². The van der Waals surface area contributed by atoms with Crippen LogP contribution in [0, 0.1) is 6.92 Å². The van der Waals surface area contributed by atoms with Gasteiger partial charge in [0.2, 0.25) is 0 Å². The fraction of sp³-hybridized carbons (Fsp3) is 0.345. The lowest BCUT2D eigenvalue weighted by Gasteiger charge is -2.40. The number of anilines is 1. The topological polar surface area (TPSA) is 29.1 Å². The van der Waals surface area contributed by atoms with Crippen LogP contribution in [0.2, 0.25) is 0 Å². The van der Waals surface area contributed by atoms with Gasteiger partial charge in [-0.15, -0.1) is 0 Å². The van der Waals surface area contributed by atoms with E-state index in [4.69, 9.17) is 0 Å². The molecule has 0 atom stereocenters. The maximum atomic E-state index is 12.9. The summed E-state index contributed by atoms with van der Waals surface area (Å²) in [5, 5.41) is 3.06. The largest absolute Gasteiger partial charge is 1.00 e. The maximum Gasteiger partial charge on any atom is 0.255 e. The number of carbonyl (C=O) groups excluding carboxylic acids is 1. The lowest BCUT2D eigenvalue weighted by molar-refractivity contribution is -0.929. The second-order valence-corrected chi connectivity index (χ2v) is 9.83. The highest BCUT2D eigenvalue weighted by atomic mass is 127. The number of amides is 1. The van der Waals surface area contributed by atoms with Crippen molar-refractivity contribution in [1.29, 1.82) is 0 Å². The molecule has 0 radical (unpaired) electrons. The lowest BCUT2D eigenvalue weighted by atomic mass is 9.92. The predicted molar refractivity (Wildman–Crippen MR) is 134 cm³/mol. The number of rotatable bonds is 6. The van der Waals surface area contributed by atoms with Crippen LogP contribution in [0.15, 0.2) is 72.8 Å². The molecule has 1 fully saturated rings. The predicted octanol–water partition coefficient (Wildman–Crippen LogP) is 3.83. The van der Waals surface area contributed by atoms with Crippen LogP contribution in [-0.2, 0) is 6.54 Å². The number of hydrogen-bond donors (Lipinski definition) is 1. The molecule has 174 valence electrons. The SMILES string of the molecule is Cc1ccc(-c2cccc(C(=O)Nc3ccc(C[N+](C)(C)C4CCCCC4)cc3)c2)cc1.[I-]. The van der Waals surface area contributed by atoms with Crippen LogP contribution in [0.25, 0.3) is 11.1 Å². The highest BCUT2D eigenvalue weighted by Gasteiger charge is 2.29. The van der Waals surface area contributed by atoms with Crippen molar-refractivity contribution >= 4 is 11.6 Å². The smallest absolute Gasteiger partial charge is 0.255 e. The number of nitrogens with one attached hydrogen (secondary N) is 1. The molecule has 3 aromatic carbocycles. The summed E-state index contributed by atoms with van der Waals surface area (Å²) in [6.07, 6.45) is 6.79. The minimum absolute atomic E-state index is 0. The third-order valence-electron chi connectivity index (χ3n) is 6.87. The zero-order chi connectivity index (χ0) is 22.6. The van der Waals surface area contributed by atoms with E-state index in [0.717, 1.165) is 33.9 Å². The summed E-state index contributed by atoms with van der Waals surface area (Å²) >= 11 is 0. The van der Waals surface area contributed by atoms with Crippen molar-refractivity contribution in [2.75, 3.05) is 19.4 Å². The molecule has 1 N–H and O–H groups in total. The second-order valence-electron chi connectivity index (χ2n) is 9.83. The Bertz CT molecular complexity index is 1050. The average Bonchev–Trinajstić information content (AvgIpc) is 2.81. The highest BCUT2D eigenvalue weighted by Crippen LogP contribution is 2.28. The van der Waals surface area contributed by atoms with Gasteiger partial charge in [-0.05, 0) is 68.0 Å². The van der Waals surface area contributed by atoms with Gasteiger partial charge in [0.05, 0.1) is 20.1 Å². The molecular formula is C29H35IN2O. The first kappa shape index (κ1) is 25.4. The van der Waals surface area contributed by atoms with Crippen molar-refractivity contribution < 1.29 is 33.3 Å². The van der Waals surface area contributed by atoms with Gasteiger partial charge in [-0.3, -0.25) is 4.79 Å². The van der Waals surface area contributed by atoms with Gasteiger partial charge in [0.1, 0.15) is 6.54 Å². The molecule has 33 heavy (non-hydrogen) atoms. The van der Waals surface area contributed by atoms with Crippen LogP contribution in [0.3, 0.4) is 0 Å². The van der Waals surface area contributed by atoms with Gasteiger partial charge in [-0.1, -0.05) is 60.5 Å². The number of carbonyl (C=O) groups is 1. The van der Waals surface area contributed by atoms with Crippen LogP contribution in [0.5, 0.6) is 0 Å². The molecule has 3 aromatic rings. The Morgan fingerprint density at radius 3 is 2.21 bits per heavy atom. The number of halogens is 1. The summed E-state index contributed by atoms with van der Waals surface area (Å²) in [5.74, 6) is -0.0787. The summed E-state index contributed by atoms with van der Waals surface area (Å²) in [6.45, 7) is 3.10. The summed E-state index contributed by atoms with van der Waals surface area (Å²) in [7, 11) is 4.71. The van der Waals surface area contributed by atoms with E-state index in [1.807, 2.05) is 36.4 Å². The molecule has 0 saturated heterocycles. The van der Waals surface area contributed by atoms with E-state index >= 15 is 0 Å². The quantitative estimate of drug-likeness (QED) is 0.365. The number of aryl methyl sites for hydroxylation is 1. The molecule has 0 aromatic heterocycles. The first-order chi connectivity index (χ1) is 15.4. The molecule has 4 heteroatoms. The van der Waals surface area contributed by atoms with Crippen LogP contribution in [0.1, 0.15) is 53.6 Å². The minimum Gasteiger partial charge on any atom is -1.00 e. The fourth-order valence-corrected chi connectivity index (χ4v) is 4.86. The van der Waals surface area contributed by atoms with E-state index < -0.39 is 0 Å². The van der Waals surface area contributed by atoms with Crippen LogP contribution < -0.4 is 29.3 Å². The Labute approximate surface area is 215 Å². The Balaban J connectivity index is 0.00000306. The van der Waals surface area contributed by atoms with E-state index in [2.05, 4.69) is 62.7 Å². The van der Waals surface area contributed by atoms with Crippen molar-refractivity contribution in [1.82, 2.24) is 0 Å². The third-order valence-corrected chi connectivity index (χ3v) is 6.87. The Morgan fingerprint density at radius 2 is 1.55 bits per heavy atom. The van der Waals surface area contributed by atoms with Crippen molar-refractivity contribution in [3.05, 3.63) is 89.5 Å². The molecule has 0 bridgehead atoms. The zero-order valence-electron chi connectivity index (χ0n) is 20.0. The Hall–Kier alpha value is -2.18. The van der Waals surface area contributed by atoms with Crippen molar-refractivity contribution in [2.45, 2.75) is 51.6 Å². The minimum atomic E-state index is -0.0787. The normalized spacial score (nSPS) is 14.4. The van der Waals surface area contributed by atoms with E-state index in [1.165, 1.54) is 43.2 Å². The number of benzene rings is 3. The van der Waals surface area contributed by atoms with Crippen molar-refractivity contribution in [2.24, 2.45) is 0 Å². The number of nitrogens with zero attached hydrogens (tertiary/aromatic N) is 1. The van der Waals surface area contributed by atoms with Crippen LogP contribution in [-0.4, -0.2) is 30.5 Å². The Kier molecular flexibility index (Phi) is 8.71. The van der Waals surface area contributed by atoms with Crippen LogP contribution >= 0.6 is 0 Å². The van der Waals surface area contributed by atoms with E-state index in [9.17, 15) is 4.79 Å². The van der Waals surface area contributed by atoms with E-state index in [1.54, 1.807) is 0 Å². The molecule has 4 rings (SSSR count). The van der Waals surface area contributed by atoms with Gasteiger partial charge in [-0.2, -0.15) is 0 Å². The van der Waals surface area contributed by atoms with E-state index in [0.29, 0.717) is 5.56 Å². The van der Waals surface area contributed by atoms with Gasteiger partial charge in [0.15, 0.2) is 0 Å². The van der Waals surface area contributed by atoms with Crippen molar-refractivity contribution in [3.63, 3.8) is 0 Å². The summed E-state index contributed by atoms with van der Waals surface area (Å²) in [4.78, 5) is 12.9. The highest BCUT2D eigenvalue weighted by molar-refractivity contribution is 6.04. The molecule has 0 heterocycles. The molecule has 1 aliphatic rings. The van der Waals surface area contributed by atoms with Crippen molar-refractivity contribution in [3.8, 4) is 11.1 Å². The Morgan fingerprint density at radius 1 is 0.879 bits per heavy atom. The third kappa shape index (κ3) is 6.67. The lowest BCUT2D eigenvalue weighted by Crippen LogP contribution is -3.00. The van der Waals surface area contributed by atoms with Gasteiger partial charge in [0.25, 0.3) is 5.91 Å². The molecule has 0 aliphatic heterocycles. The molecule has 1 saturated carbocycles. The molecule has 1 aliphatic carbocycles. The summed E-state index contributed by atoms with van der Waals surface area (Å²) in [6, 6.07) is 25.3. The number of hydrogen-bond acceptors (Lipinski definition) is 1. The van der Waals surface area contributed by atoms with Gasteiger partial charge in [-0.25, -0.2) is 0 Å². The first-order valence-electron chi connectivity index (χ1n) is 11.8. The average molecular weight is 555 g/mol. The standard InChI is InChI=1S/C29H34N2O.HI/c1-22-12-16-24(17-13-22)25-8-7-9-26(20-25)29(32)30-27-18-14-23(15-19-27)21-31(2,3)28-10-5-4-6-11-28;/h7-9,12-20,28H,4-6,10-11,21H2,1-3H3;1H. The van der Waals surface area contributed by atoms with E-state index in [-0.39, 0.29) is 29.9 Å². The fourth-order valence-electron chi connectivity index (χ4n) is 4.86. The zero-order valence-corrected chi connectivity index (χ0v) is 22.1. The summed E-state index contributed by atoms with van der Waals surface area (Å²) < 4.78 is 1.04. The molecular weight excluding hydrogens is 519 g/mol. The van der Waals surface area contributed by atoms with Gasteiger partial charge < -0.3 is 33.8 Å². The number of quaternary nitrogens is 1. The maximum absolute atomic E-state index is 12.9. The second kappa shape index (κ2) is 11.3.